The Labute approximate surface area is 508 Å². The summed E-state index contributed by atoms with van der Waals surface area (Å²) in [5.74, 6) is -1.74. The molecule has 9 rings (SSSR count). The van der Waals surface area contributed by atoms with E-state index in [1.54, 1.807) is 58.8 Å². The van der Waals surface area contributed by atoms with Crippen LogP contribution in [0.2, 0.25) is 10.0 Å². The summed E-state index contributed by atoms with van der Waals surface area (Å²) in [5, 5.41) is 15.0. The largest absolute Gasteiger partial charge is 0.481 e. The second-order valence-corrected chi connectivity index (χ2v) is 27.8. The lowest BCUT2D eigenvalue weighted by molar-refractivity contribution is -0.162. The van der Waals surface area contributed by atoms with Gasteiger partial charge in [0.25, 0.3) is 5.56 Å². The van der Waals surface area contributed by atoms with E-state index in [1.807, 2.05) is 68.1 Å². The lowest BCUT2D eigenvalue weighted by Gasteiger charge is -2.54. The van der Waals surface area contributed by atoms with Crippen molar-refractivity contribution in [2.24, 2.45) is 10.8 Å². The van der Waals surface area contributed by atoms with E-state index in [9.17, 15) is 37.5 Å². The molecule has 5 aromatic rings. The first kappa shape index (κ1) is 63.0. The predicted molar refractivity (Wildman–Crippen MR) is 330 cm³/mol. The van der Waals surface area contributed by atoms with Crippen molar-refractivity contribution < 1.29 is 37.5 Å². The number of rotatable bonds is 21. The van der Waals surface area contributed by atoms with Crippen molar-refractivity contribution in [3.63, 3.8) is 0 Å². The van der Waals surface area contributed by atoms with Crippen LogP contribution < -0.4 is 15.8 Å². The van der Waals surface area contributed by atoms with Gasteiger partial charge in [-0.25, -0.2) is 18.4 Å². The third-order valence-electron chi connectivity index (χ3n) is 17.8. The van der Waals surface area contributed by atoms with E-state index in [2.05, 4.69) is 20.2 Å². The molecule has 3 aromatic heterocycles. The Kier molecular flexibility index (Phi) is 19.8. The number of hydrogen-bond acceptors (Lipinski definition) is 13. The summed E-state index contributed by atoms with van der Waals surface area (Å²) in [6.07, 6.45) is 11.8. The lowest BCUT2D eigenvalue weighted by atomic mass is 9.66. The Morgan fingerprint density at radius 2 is 1.41 bits per heavy atom. The number of amides is 3. The quantitative estimate of drug-likeness (QED) is 0.0515. The number of aryl methyl sites for hydroxylation is 1. The van der Waals surface area contributed by atoms with Crippen molar-refractivity contribution in [2.75, 3.05) is 68.3 Å². The summed E-state index contributed by atoms with van der Waals surface area (Å²) in [5.41, 5.74) is 1.29. The number of halogens is 2. The Balaban J connectivity index is 0.712. The van der Waals surface area contributed by atoms with Gasteiger partial charge in [-0.15, -0.1) is 0 Å². The molecule has 1 aliphatic carbocycles. The Hall–Kier alpha value is -6.48. The number of unbranched alkanes of at least 4 members (excludes halogenated alkanes) is 4. The van der Waals surface area contributed by atoms with Crippen LogP contribution in [-0.4, -0.2) is 146 Å². The zero-order valence-electron chi connectivity index (χ0n) is 49.7. The molecule has 3 amide bonds. The van der Waals surface area contributed by atoms with Gasteiger partial charge in [0.05, 0.1) is 47.1 Å². The molecule has 0 spiro atoms. The maximum absolute atomic E-state index is 15.1. The second kappa shape index (κ2) is 26.6. The first-order valence-electron chi connectivity index (χ1n) is 29.9. The lowest BCUT2D eigenvalue weighted by Crippen LogP contribution is -2.61. The zero-order valence-corrected chi connectivity index (χ0v) is 52.0. The standard InChI is InChI=1S/C63H80Cl2N10O9S/c1-41-50-39-67-61(69-58(50)74(47-17-12-13-18-47)59(81)56(41)42(2)76)68-52-26-25-48(38-66-52)70-27-29-71(30-28-70)53(77)19-10-8-7-9-11-20-54(78)72-31-33-73(34-32-72)85(83,84)40-51(62(3,4)5)75-57(43-21-23-45(64)24-22-43)49(44-15-14-16-46(65)35-44)36-63(6,60(75)82)37-55(79)80/h14-16,21-26,35,38-39,47,49,51,57H,7-13,17-20,27-34,36-37,40H2,1-6H3,(H,79,80)(H,66,67,68,69)/t49-,51?,57-,63-/m1/s1. The molecule has 2 aromatic carbocycles. The fourth-order valence-electron chi connectivity index (χ4n) is 13.2. The molecule has 1 unspecified atom stereocenters. The van der Waals surface area contributed by atoms with Gasteiger partial charge in [-0.2, -0.15) is 9.29 Å². The van der Waals surface area contributed by atoms with E-state index in [0.717, 1.165) is 68.2 Å². The number of likely N-dealkylation sites (tertiary alicyclic amines) is 1. The molecule has 1 saturated carbocycles. The molecular weight excluding hydrogens is 1140 g/mol. The van der Waals surface area contributed by atoms with E-state index in [-0.39, 0.29) is 67.4 Å². The maximum atomic E-state index is 15.1. The van der Waals surface area contributed by atoms with Crippen LogP contribution in [0.15, 0.2) is 77.9 Å². The highest BCUT2D eigenvalue weighted by molar-refractivity contribution is 7.89. The summed E-state index contributed by atoms with van der Waals surface area (Å²) in [6, 6.07) is 16.7. The number of carboxylic acids is 1. The number of piperazine rings is 2. The summed E-state index contributed by atoms with van der Waals surface area (Å²) in [4.78, 5) is 102. The van der Waals surface area contributed by atoms with Gasteiger partial charge < -0.3 is 30.0 Å². The number of anilines is 3. The highest BCUT2D eigenvalue weighted by Crippen LogP contribution is 2.53. The number of pyridine rings is 2. The number of sulfonamides is 1. The number of carbonyl (C=O) groups excluding carboxylic acids is 4. The first-order valence-corrected chi connectivity index (χ1v) is 32.3. The van der Waals surface area contributed by atoms with Crippen LogP contribution in [0.25, 0.3) is 11.0 Å². The molecule has 4 atom stereocenters. The van der Waals surface area contributed by atoms with Crippen LogP contribution in [0.4, 0.5) is 17.5 Å². The minimum Gasteiger partial charge on any atom is -0.481 e. The van der Waals surface area contributed by atoms with E-state index in [1.165, 1.54) is 11.2 Å². The van der Waals surface area contributed by atoms with Gasteiger partial charge >= 0.3 is 5.97 Å². The van der Waals surface area contributed by atoms with Crippen LogP contribution in [0.5, 0.6) is 0 Å². The number of benzene rings is 2. The van der Waals surface area contributed by atoms with Crippen LogP contribution in [0.3, 0.4) is 0 Å². The van der Waals surface area contributed by atoms with Gasteiger partial charge in [-0.3, -0.25) is 33.3 Å². The third-order valence-corrected chi connectivity index (χ3v) is 20.2. The van der Waals surface area contributed by atoms with Crippen LogP contribution in [-0.2, 0) is 29.2 Å². The predicted octanol–water partition coefficient (Wildman–Crippen LogP) is 10.4. The third kappa shape index (κ3) is 14.5. The number of piperidine rings is 1. The second-order valence-electron chi connectivity index (χ2n) is 24.9. The molecule has 6 heterocycles. The maximum Gasteiger partial charge on any atom is 0.304 e. The number of nitrogens with zero attached hydrogens (tertiary/aromatic N) is 9. The van der Waals surface area contributed by atoms with Gasteiger partial charge in [-0.05, 0) is 104 Å². The number of fused-ring (bicyclic) bond motifs is 1. The molecule has 4 aliphatic rings. The molecule has 85 heavy (non-hydrogen) atoms. The molecule has 456 valence electrons. The molecule has 0 radical (unpaired) electrons. The minimum absolute atomic E-state index is 0.0241. The average Bonchev–Trinajstić information content (AvgIpc) is 1.35. The van der Waals surface area contributed by atoms with E-state index < -0.39 is 62.9 Å². The summed E-state index contributed by atoms with van der Waals surface area (Å²) >= 11 is 12.9. The van der Waals surface area contributed by atoms with Crippen LogP contribution >= 0.6 is 23.2 Å². The Morgan fingerprint density at radius 1 is 0.788 bits per heavy atom. The number of Topliss-reactive ketones (excluding diaryl/α,β-unsaturated/α-hetero) is 1. The molecule has 3 aliphatic heterocycles. The molecule has 19 nitrogen and oxygen atoms in total. The number of carboxylic acid groups (broad SMARTS) is 1. The van der Waals surface area contributed by atoms with Crippen molar-refractivity contribution in [1.82, 2.24) is 38.5 Å². The van der Waals surface area contributed by atoms with Gasteiger partial charge in [0.2, 0.25) is 33.7 Å². The van der Waals surface area contributed by atoms with E-state index in [0.29, 0.717) is 83.8 Å². The molecule has 3 saturated heterocycles. The SMILES string of the molecule is CC(=O)c1c(C)c2cnc(Nc3ccc(N4CCN(C(=O)CCCCCCCC(=O)N5CCN(S(=O)(=O)CC(N6C(=O)[C@@](C)(CC(=O)O)C[C@H](c7cccc(Cl)c7)[C@H]6c6ccc(Cl)cc6)C(C)(C)C)CC5)CC4)cn3)nc2n(C2CCCC2)c1=O. The monoisotopic (exact) mass is 1220 g/mol. The zero-order chi connectivity index (χ0) is 61.0. The van der Waals surface area contributed by atoms with Gasteiger partial charge in [0.1, 0.15) is 11.5 Å². The molecule has 22 heteroatoms. The first-order chi connectivity index (χ1) is 40.4. The summed E-state index contributed by atoms with van der Waals surface area (Å²) in [7, 11) is -4.03. The fraction of sp³-hybridized carbons (Fsp3) is 0.540. The summed E-state index contributed by atoms with van der Waals surface area (Å²) in [6.45, 7) is 13.8. The molecule has 4 fully saturated rings. The number of hydrogen-bond donors (Lipinski definition) is 2. The Bertz CT molecular complexity index is 3450. The average molecular weight is 1220 g/mol. The van der Waals surface area contributed by atoms with Crippen molar-refractivity contribution in [3.05, 3.63) is 116 Å². The van der Waals surface area contributed by atoms with Gasteiger partial charge in [0, 0.05) is 98.8 Å². The molecule has 2 N–H and O–H groups in total. The number of carbonyl (C=O) groups is 5. The Morgan fingerprint density at radius 3 is 1.99 bits per heavy atom. The number of nitrogens with one attached hydrogen (secondary N) is 1. The van der Waals surface area contributed by atoms with Crippen molar-refractivity contribution in [2.45, 2.75) is 149 Å². The molecule has 0 bridgehead atoms. The van der Waals surface area contributed by atoms with E-state index >= 15 is 4.79 Å². The van der Waals surface area contributed by atoms with Crippen LogP contribution in [0, 0.1) is 17.8 Å². The highest BCUT2D eigenvalue weighted by atomic mass is 35.5. The van der Waals surface area contributed by atoms with Crippen LogP contribution in [0.1, 0.15) is 163 Å². The minimum atomic E-state index is -4.03. The fourth-order valence-corrected chi connectivity index (χ4v) is 15.5. The normalized spacial score (nSPS) is 20.5. The smallest absolute Gasteiger partial charge is 0.304 e. The topological polar surface area (TPSA) is 229 Å². The van der Waals surface area contributed by atoms with Crippen molar-refractivity contribution in [3.8, 4) is 0 Å². The molecular formula is C63H80Cl2N10O9S. The summed E-state index contributed by atoms with van der Waals surface area (Å²) < 4.78 is 32.4. The van der Waals surface area contributed by atoms with Gasteiger partial charge in [-0.1, -0.05) is 107 Å². The van der Waals surface area contributed by atoms with E-state index in [4.69, 9.17) is 28.2 Å². The highest BCUT2D eigenvalue weighted by Gasteiger charge is 2.55. The number of ketones is 1. The number of aromatic nitrogens is 4. The van der Waals surface area contributed by atoms with Gasteiger partial charge in [0.15, 0.2) is 5.78 Å². The van der Waals surface area contributed by atoms with Crippen molar-refractivity contribution in [1.29, 1.82) is 0 Å². The van der Waals surface area contributed by atoms with Crippen molar-refractivity contribution >= 4 is 91.2 Å². The number of aliphatic carboxylic acids is 1.